The van der Waals surface area contributed by atoms with Crippen molar-refractivity contribution < 1.29 is 23.4 Å². The van der Waals surface area contributed by atoms with Crippen molar-refractivity contribution in [3.05, 3.63) is 48.3 Å². The number of hydrogen-bond acceptors (Lipinski definition) is 4. The number of anilines is 1. The molecule has 1 heterocycles. The molecule has 26 heavy (non-hydrogen) atoms. The predicted molar refractivity (Wildman–Crippen MR) is 94.0 cm³/mol. The van der Waals surface area contributed by atoms with Gasteiger partial charge in [0.15, 0.2) is 23.1 Å². The van der Waals surface area contributed by atoms with Crippen molar-refractivity contribution in [2.24, 2.45) is 0 Å². The van der Waals surface area contributed by atoms with Crippen molar-refractivity contribution in [3.8, 4) is 17.2 Å². The summed E-state index contributed by atoms with van der Waals surface area (Å²) in [5, 5.41) is 2.80. The number of rotatable bonds is 5. The van der Waals surface area contributed by atoms with Crippen LogP contribution in [0.3, 0.4) is 0 Å². The number of para-hydroxylation sites is 1. The molecule has 6 heteroatoms. The minimum atomic E-state index is -0.515. The number of nitrogens with one attached hydrogen (secondary N) is 1. The Labute approximate surface area is 151 Å². The fourth-order valence-electron chi connectivity index (χ4n) is 3.33. The molecule has 1 fully saturated rings. The highest BCUT2D eigenvalue weighted by atomic mass is 19.1. The Morgan fingerprint density at radius 1 is 1.12 bits per heavy atom. The van der Waals surface area contributed by atoms with Crippen LogP contribution < -0.4 is 19.5 Å². The number of amides is 1. The van der Waals surface area contributed by atoms with Gasteiger partial charge in [-0.1, -0.05) is 12.1 Å². The van der Waals surface area contributed by atoms with Crippen LogP contribution >= 0.6 is 0 Å². The minimum Gasteiger partial charge on any atom is -0.490 e. The molecule has 0 bridgehead atoms. The molecule has 1 aliphatic heterocycles. The number of fused-ring (bicyclic) bond motifs is 1. The number of benzene rings is 2. The van der Waals surface area contributed by atoms with E-state index < -0.39 is 11.6 Å². The van der Waals surface area contributed by atoms with Crippen molar-refractivity contribution in [2.75, 3.05) is 11.9 Å². The maximum Gasteiger partial charge on any atom is 0.251 e. The smallest absolute Gasteiger partial charge is 0.251 e. The van der Waals surface area contributed by atoms with Gasteiger partial charge in [0.25, 0.3) is 5.79 Å². The lowest BCUT2D eigenvalue weighted by atomic mass is 10.2. The number of carbonyl (C=O) groups is 1. The molecule has 1 aliphatic carbocycles. The lowest BCUT2D eigenvalue weighted by Gasteiger charge is -2.21. The summed E-state index contributed by atoms with van der Waals surface area (Å²) in [5.74, 6) is 0.351. The molecule has 0 radical (unpaired) electrons. The van der Waals surface area contributed by atoms with E-state index in [-0.39, 0.29) is 24.7 Å². The van der Waals surface area contributed by atoms with Gasteiger partial charge in [0.05, 0.1) is 13.0 Å². The number of ether oxygens (including phenoxy) is 3. The Morgan fingerprint density at radius 3 is 2.69 bits per heavy atom. The zero-order chi connectivity index (χ0) is 18.0. The number of halogens is 1. The third-order valence-electron chi connectivity index (χ3n) is 4.61. The van der Waals surface area contributed by atoms with Gasteiger partial charge in [-0.05, 0) is 37.1 Å². The second kappa shape index (κ2) is 6.86. The molecule has 2 aromatic carbocycles. The lowest BCUT2D eigenvalue weighted by Crippen LogP contribution is -2.34. The molecule has 5 nitrogen and oxygen atoms in total. The van der Waals surface area contributed by atoms with Gasteiger partial charge in [0.1, 0.15) is 0 Å². The van der Waals surface area contributed by atoms with E-state index in [0.29, 0.717) is 17.2 Å². The molecule has 2 aliphatic rings. The largest absolute Gasteiger partial charge is 0.490 e. The molecule has 1 saturated carbocycles. The standard InChI is InChI=1S/C20H20FNO4/c21-15-5-1-2-6-16(15)24-12-9-19(23)22-14-7-8-17-18(13-14)26-20(25-17)10-3-4-11-20/h1-2,5-8,13H,3-4,9-12H2,(H,22,23). The fraction of sp³-hybridized carbons (Fsp3) is 0.350. The van der Waals surface area contributed by atoms with Crippen LogP contribution in [0.1, 0.15) is 32.1 Å². The minimum absolute atomic E-state index is 0.0976. The van der Waals surface area contributed by atoms with Gasteiger partial charge in [-0.25, -0.2) is 4.39 Å². The Kier molecular flexibility index (Phi) is 4.41. The van der Waals surface area contributed by atoms with E-state index in [0.717, 1.165) is 25.7 Å². The first kappa shape index (κ1) is 16.7. The Bertz CT molecular complexity index is 817. The maximum atomic E-state index is 13.5. The third kappa shape index (κ3) is 3.45. The molecule has 0 aromatic heterocycles. The summed E-state index contributed by atoms with van der Waals surface area (Å²) in [7, 11) is 0. The van der Waals surface area contributed by atoms with E-state index in [1.165, 1.54) is 12.1 Å². The van der Waals surface area contributed by atoms with Crippen LogP contribution in [0, 0.1) is 5.82 Å². The molecule has 0 unspecified atom stereocenters. The van der Waals surface area contributed by atoms with Crippen molar-refractivity contribution in [2.45, 2.75) is 37.9 Å². The Balaban J connectivity index is 1.31. The van der Waals surface area contributed by atoms with Gasteiger partial charge in [-0.2, -0.15) is 0 Å². The van der Waals surface area contributed by atoms with Crippen LogP contribution in [0.2, 0.25) is 0 Å². The van der Waals surface area contributed by atoms with Crippen molar-refractivity contribution in [3.63, 3.8) is 0 Å². The second-order valence-electron chi connectivity index (χ2n) is 6.56. The molecule has 1 spiro atoms. The van der Waals surface area contributed by atoms with Gasteiger partial charge in [0, 0.05) is 24.6 Å². The van der Waals surface area contributed by atoms with Gasteiger partial charge < -0.3 is 19.5 Å². The third-order valence-corrected chi connectivity index (χ3v) is 4.61. The van der Waals surface area contributed by atoms with E-state index >= 15 is 0 Å². The van der Waals surface area contributed by atoms with Crippen LogP contribution in [0.15, 0.2) is 42.5 Å². The molecule has 2 aromatic rings. The zero-order valence-electron chi connectivity index (χ0n) is 14.3. The highest BCUT2D eigenvalue weighted by Crippen LogP contribution is 2.47. The zero-order valence-corrected chi connectivity index (χ0v) is 14.3. The Hall–Kier alpha value is -2.76. The topological polar surface area (TPSA) is 56.8 Å². The van der Waals surface area contributed by atoms with Gasteiger partial charge in [0.2, 0.25) is 5.91 Å². The van der Waals surface area contributed by atoms with Crippen LogP contribution in [0.4, 0.5) is 10.1 Å². The summed E-state index contributed by atoms with van der Waals surface area (Å²) in [6.07, 6.45) is 4.08. The summed E-state index contributed by atoms with van der Waals surface area (Å²) in [4.78, 5) is 12.1. The van der Waals surface area contributed by atoms with Crippen LogP contribution in [0.5, 0.6) is 17.2 Å². The first-order valence-corrected chi connectivity index (χ1v) is 8.83. The summed E-state index contributed by atoms with van der Waals surface area (Å²) in [5.41, 5.74) is 0.637. The molecule has 1 amide bonds. The van der Waals surface area contributed by atoms with Crippen molar-refractivity contribution >= 4 is 11.6 Å². The number of carbonyl (C=O) groups excluding carboxylic acids is 1. The first-order valence-electron chi connectivity index (χ1n) is 8.83. The highest BCUT2D eigenvalue weighted by molar-refractivity contribution is 5.91. The summed E-state index contributed by atoms with van der Waals surface area (Å²) in [6, 6.07) is 11.5. The van der Waals surface area contributed by atoms with Crippen molar-refractivity contribution in [1.82, 2.24) is 0 Å². The molecule has 136 valence electrons. The molecule has 0 atom stereocenters. The van der Waals surface area contributed by atoms with E-state index in [4.69, 9.17) is 14.2 Å². The summed E-state index contributed by atoms with van der Waals surface area (Å²) >= 11 is 0. The van der Waals surface area contributed by atoms with E-state index in [1.54, 1.807) is 24.3 Å². The average Bonchev–Trinajstić information content (AvgIpc) is 3.22. The second-order valence-corrected chi connectivity index (χ2v) is 6.56. The van der Waals surface area contributed by atoms with E-state index in [1.807, 2.05) is 6.07 Å². The molecule has 4 rings (SSSR count). The van der Waals surface area contributed by atoms with Gasteiger partial charge >= 0.3 is 0 Å². The fourth-order valence-corrected chi connectivity index (χ4v) is 3.33. The van der Waals surface area contributed by atoms with Crippen LogP contribution in [-0.2, 0) is 4.79 Å². The first-order chi connectivity index (χ1) is 12.6. The Morgan fingerprint density at radius 2 is 1.88 bits per heavy atom. The maximum absolute atomic E-state index is 13.5. The van der Waals surface area contributed by atoms with E-state index in [2.05, 4.69) is 5.32 Å². The normalized spacial score (nSPS) is 16.7. The lowest BCUT2D eigenvalue weighted by molar-refractivity contribution is -0.116. The van der Waals surface area contributed by atoms with Crippen LogP contribution in [0.25, 0.3) is 0 Å². The summed E-state index contributed by atoms with van der Waals surface area (Å²) in [6.45, 7) is 0.0976. The quantitative estimate of drug-likeness (QED) is 0.868. The van der Waals surface area contributed by atoms with Gasteiger partial charge in [-0.3, -0.25) is 4.79 Å². The van der Waals surface area contributed by atoms with E-state index in [9.17, 15) is 9.18 Å². The SMILES string of the molecule is O=C(CCOc1ccccc1F)Nc1ccc2c(c1)OC1(CCCC1)O2. The average molecular weight is 357 g/mol. The molecular formula is C20H20FNO4. The molecular weight excluding hydrogens is 337 g/mol. The number of hydrogen-bond donors (Lipinski definition) is 1. The van der Waals surface area contributed by atoms with Crippen molar-refractivity contribution in [1.29, 1.82) is 0 Å². The van der Waals surface area contributed by atoms with Gasteiger partial charge in [-0.15, -0.1) is 0 Å². The molecule has 0 saturated heterocycles. The summed E-state index contributed by atoms with van der Waals surface area (Å²) < 4.78 is 30.7. The monoisotopic (exact) mass is 357 g/mol. The predicted octanol–water partition coefficient (Wildman–Crippen LogP) is 4.27. The molecule has 1 N–H and O–H groups in total. The van der Waals surface area contributed by atoms with Crippen LogP contribution in [-0.4, -0.2) is 18.3 Å². The highest BCUT2D eigenvalue weighted by Gasteiger charge is 2.44.